The smallest absolute Gasteiger partial charge is 0.230 e. The summed E-state index contributed by atoms with van der Waals surface area (Å²) in [6, 6.07) is 10.5. The predicted molar refractivity (Wildman–Crippen MR) is 78.1 cm³/mol. The lowest BCUT2D eigenvalue weighted by Gasteiger charge is -2.35. The number of amides is 1. The van der Waals surface area contributed by atoms with Crippen molar-refractivity contribution in [3.8, 4) is 0 Å². The van der Waals surface area contributed by atoms with Gasteiger partial charge in [-0.05, 0) is 18.4 Å². The van der Waals surface area contributed by atoms with Crippen LogP contribution in [0.2, 0.25) is 0 Å². The topological polar surface area (TPSA) is 32.3 Å². The molecule has 1 aliphatic rings. The lowest BCUT2D eigenvalue weighted by Crippen LogP contribution is -2.52. The van der Waals surface area contributed by atoms with E-state index in [-0.39, 0.29) is 11.8 Å². The molecule has 1 fully saturated rings. The van der Waals surface area contributed by atoms with Crippen LogP contribution in [0.25, 0.3) is 0 Å². The van der Waals surface area contributed by atoms with E-state index in [1.807, 2.05) is 23.1 Å². The first-order chi connectivity index (χ1) is 9.09. The van der Waals surface area contributed by atoms with E-state index in [1.54, 1.807) is 0 Å². The summed E-state index contributed by atoms with van der Waals surface area (Å²) in [5.41, 5.74) is 1.13. The third-order valence-electron chi connectivity index (χ3n) is 3.77. The average molecular weight is 260 g/mol. The van der Waals surface area contributed by atoms with E-state index < -0.39 is 0 Å². The summed E-state index contributed by atoms with van der Waals surface area (Å²) < 4.78 is 0. The second kappa shape index (κ2) is 6.20. The molecule has 2 atom stereocenters. The van der Waals surface area contributed by atoms with E-state index in [0.29, 0.717) is 12.0 Å². The second-order valence-electron chi connectivity index (χ2n) is 5.77. The molecule has 19 heavy (non-hydrogen) atoms. The Bertz CT molecular complexity index is 416. The molecule has 0 bridgehead atoms. The monoisotopic (exact) mass is 260 g/mol. The first-order valence-corrected chi connectivity index (χ1v) is 7.16. The zero-order chi connectivity index (χ0) is 13.8. The van der Waals surface area contributed by atoms with Gasteiger partial charge in [-0.25, -0.2) is 0 Å². The number of piperazine rings is 1. The van der Waals surface area contributed by atoms with Gasteiger partial charge in [0.2, 0.25) is 5.91 Å². The van der Waals surface area contributed by atoms with E-state index in [2.05, 4.69) is 38.2 Å². The standard InChI is InChI=1S/C16H24N2O/c1-12(2)15(14-7-5-4-6-8-14)16(19)18-10-9-17-13(3)11-18/h4-8,12-13,15,17H,9-11H2,1-3H3. The zero-order valence-electron chi connectivity index (χ0n) is 12.1. The lowest BCUT2D eigenvalue weighted by atomic mass is 9.87. The minimum absolute atomic E-state index is 0.0218. The molecular formula is C16H24N2O. The fourth-order valence-electron chi connectivity index (χ4n) is 2.80. The van der Waals surface area contributed by atoms with Crippen molar-refractivity contribution in [2.75, 3.05) is 19.6 Å². The highest BCUT2D eigenvalue weighted by Gasteiger charge is 2.30. The van der Waals surface area contributed by atoms with Gasteiger partial charge in [0.25, 0.3) is 0 Å². The molecular weight excluding hydrogens is 236 g/mol. The third-order valence-corrected chi connectivity index (χ3v) is 3.77. The fourth-order valence-corrected chi connectivity index (χ4v) is 2.80. The quantitative estimate of drug-likeness (QED) is 0.904. The number of hydrogen-bond acceptors (Lipinski definition) is 2. The Kier molecular flexibility index (Phi) is 4.59. The van der Waals surface area contributed by atoms with Crippen LogP contribution in [0.15, 0.2) is 30.3 Å². The number of carbonyl (C=O) groups excluding carboxylic acids is 1. The van der Waals surface area contributed by atoms with Crippen LogP contribution in [-0.4, -0.2) is 36.5 Å². The molecule has 1 amide bonds. The molecule has 0 radical (unpaired) electrons. The SMILES string of the molecule is CC1CN(C(=O)C(c2ccccc2)C(C)C)CCN1. The summed E-state index contributed by atoms with van der Waals surface area (Å²) in [6.07, 6.45) is 0. The summed E-state index contributed by atoms with van der Waals surface area (Å²) in [5.74, 6) is 0.571. The van der Waals surface area contributed by atoms with Gasteiger partial charge in [0, 0.05) is 25.7 Å². The highest BCUT2D eigenvalue weighted by molar-refractivity contribution is 5.84. The van der Waals surface area contributed by atoms with E-state index in [9.17, 15) is 4.79 Å². The molecule has 3 heteroatoms. The Morgan fingerprint density at radius 3 is 2.58 bits per heavy atom. The number of rotatable bonds is 3. The van der Waals surface area contributed by atoms with Gasteiger partial charge in [-0.3, -0.25) is 4.79 Å². The molecule has 0 spiro atoms. The Morgan fingerprint density at radius 2 is 2.00 bits per heavy atom. The molecule has 3 nitrogen and oxygen atoms in total. The molecule has 0 aliphatic carbocycles. The number of benzene rings is 1. The van der Waals surface area contributed by atoms with Crippen molar-refractivity contribution in [3.05, 3.63) is 35.9 Å². The van der Waals surface area contributed by atoms with Crippen molar-refractivity contribution in [1.29, 1.82) is 0 Å². The van der Waals surface area contributed by atoms with Crippen molar-refractivity contribution in [3.63, 3.8) is 0 Å². The maximum Gasteiger partial charge on any atom is 0.230 e. The van der Waals surface area contributed by atoms with Crippen LogP contribution in [0.1, 0.15) is 32.3 Å². The largest absolute Gasteiger partial charge is 0.339 e. The molecule has 1 aliphatic heterocycles. The van der Waals surface area contributed by atoms with E-state index in [1.165, 1.54) is 0 Å². The van der Waals surface area contributed by atoms with Gasteiger partial charge in [-0.15, -0.1) is 0 Å². The minimum atomic E-state index is -0.0218. The van der Waals surface area contributed by atoms with Gasteiger partial charge in [0.15, 0.2) is 0 Å². The Morgan fingerprint density at radius 1 is 1.32 bits per heavy atom. The number of nitrogens with one attached hydrogen (secondary N) is 1. The normalized spacial score (nSPS) is 21.5. The Balaban J connectivity index is 2.17. The minimum Gasteiger partial charge on any atom is -0.339 e. The Labute approximate surface area is 116 Å². The van der Waals surface area contributed by atoms with Crippen molar-refractivity contribution in [2.24, 2.45) is 5.92 Å². The number of carbonyl (C=O) groups is 1. The van der Waals surface area contributed by atoms with Crippen molar-refractivity contribution in [1.82, 2.24) is 10.2 Å². The maximum absolute atomic E-state index is 12.8. The van der Waals surface area contributed by atoms with Crippen molar-refractivity contribution >= 4 is 5.91 Å². The zero-order valence-corrected chi connectivity index (χ0v) is 12.1. The first kappa shape index (κ1) is 14.1. The van der Waals surface area contributed by atoms with Gasteiger partial charge >= 0.3 is 0 Å². The van der Waals surface area contributed by atoms with Crippen LogP contribution < -0.4 is 5.32 Å². The van der Waals surface area contributed by atoms with Crippen LogP contribution in [-0.2, 0) is 4.79 Å². The van der Waals surface area contributed by atoms with Crippen LogP contribution in [0.3, 0.4) is 0 Å². The predicted octanol–water partition coefficient (Wildman–Crippen LogP) is 2.25. The lowest BCUT2D eigenvalue weighted by molar-refractivity contribution is -0.135. The van der Waals surface area contributed by atoms with Crippen LogP contribution >= 0.6 is 0 Å². The average Bonchev–Trinajstić information content (AvgIpc) is 2.39. The fraction of sp³-hybridized carbons (Fsp3) is 0.562. The van der Waals surface area contributed by atoms with Gasteiger partial charge in [-0.2, -0.15) is 0 Å². The summed E-state index contributed by atoms with van der Waals surface area (Å²) in [5, 5.41) is 3.38. The highest BCUT2D eigenvalue weighted by Crippen LogP contribution is 2.27. The Hall–Kier alpha value is -1.35. The molecule has 0 saturated carbocycles. The van der Waals surface area contributed by atoms with Crippen molar-refractivity contribution < 1.29 is 4.79 Å². The summed E-state index contributed by atoms with van der Waals surface area (Å²) >= 11 is 0. The maximum atomic E-state index is 12.8. The van der Waals surface area contributed by atoms with Crippen LogP contribution in [0.5, 0.6) is 0 Å². The third kappa shape index (κ3) is 3.35. The van der Waals surface area contributed by atoms with E-state index in [0.717, 1.165) is 25.2 Å². The molecule has 2 unspecified atom stereocenters. The number of hydrogen-bond donors (Lipinski definition) is 1. The molecule has 2 rings (SSSR count). The van der Waals surface area contributed by atoms with E-state index in [4.69, 9.17) is 0 Å². The van der Waals surface area contributed by atoms with Gasteiger partial charge in [-0.1, -0.05) is 44.2 Å². The molecule has 1 aromatic carbocycles. The van der Waals surface area contributed by atoms with Gasteiger partial charge in [0.1, 0.15) is 0 Å². The molecule has 1 N–H and O–H groups in total. The van der Waals surface area contributed by atoms with Gasteiger partial charge in [0.05, 0.1) is 5.92 Å². The molecule has 1 aromatic rings. The van der Waals surface area contributed by atoms with Crippen molar-refractivity contribution in [2.45, 2.75) is 32.7 Å². The second-order valence-corrected chi connectivity index (χ2v) is 5.77. The molecule has 1 heterocycles. The first-order valence-electron chi connectivity index (χ1n) is 7.16. The summed E-state index contributed by atoms with van der Waals surface area (Å²) in [4.78, 5) is 14.8. The molecule has 0 aromatic heterocycles. The van der Waals surface area contributed by atoms with Crippen LogP contribution in [0.4, 0.5) is 0 Å². The van der Waals surface area contributed by atoms with E-state index >= 15 is 0 Å². The van der Waals surface area contributed by atoms with Crippen LogP contribution in [0, 0.1) is 5.92 Å². The number of nitrogens with zero attached hydrogens (tertiary/aromatic N) is 1. The summed E-state index contributed by atoms with van der Waals surface area (Å²) in [7, 11) is 0. The molecule has 104 valence electrons. The van der Waals surface area contributed by atoms with Gasteiger partial charge < -0.3 is 10.2 Å². The summed E-state index contributed by atoms with van der Waals surface area (Å²) in [6.45, 7) is 8.91. The highest BCUT2D eigenvalue weighted by atomic mass is 16.2. The molecule has 1 saturated heterocycles.